The smallest absolute Gasteiger partial charge is 0.227 e. The lowest BCUT2D eigenvalue weighted by atomic mass is 9.83. The number of rotatable bonds is 8. The third kappa shape index (κ3) is 5.72. The fourth-order valence-electron chi connectivity index (χ4n) is 5.28. The molecule has 0 saturated carbocycles. The molecular weight excluding hydrogens is 449 g/mol. The van der Waals surface area contributed by atoms with Crippen molar-refractivity contribution in [2.45, 2.75) is 70.1 Å². The highest BCUT2D eigenvalue weighted by Crippen LogP contribution is 2.40. The molecule has 182 valence electrons. The molecule has 8 heteroatoms. The van der Waals surface area contributed by atoms with Crippen LogP contribution in [0.25, 0.3) is 0 Å². The Balaban J connectivity index is 1.31. The maximum atomic E-state index is 14.1. The molecule has 0 radical (unpaired) electrons. The second-order valence-corrected chi connectivity index (χ2v) is 11.6. The number of nitrogens with zero attached hydrogens (tertiary/aromatic N) is 1. The molecule has 1 aromatic rings. The lowest BCUT2D eigenvalue weighted by molar-refractivity contribution is -0.131. The molecule has 2 fully saturated rings. The number of piperidine rings is 1. The van der Waals surface area contributed by atoms with Gasteiger partial charge in [0.05, 0.1) is 6.10 Å². The van der Waals surface area contributed by atoms with Gasteiger partial charge in [0.1, 0.15) is 5.82 Å². The van der Waals surface area contributed by atoms with Crippen LogP contribution in [-0.4, -0.2) is 52.5 Å². The fourth-order valence-corrected chi connectivity index (χ4v) is 7.05. The molecule has 1 amide bonds. The summed E-state index contributed by atoms with van der Waals surface area (Å²) in [6, 6.07) is 1.16. The molecule has 0 aromatic heterocycles. The van der Waals surface area contributed by atoms with Gasteiger partial charge in [-0.2, -0.15) is 10.5 Å². The van der Waals surface area contributed by atoms with Crippen molar-refractivity contribution in [3.8, 4) is 0 Å². The van der Waals surface area contributed by atoms with E-state index in [1.165, 1.54) is 0 Å². The summed E-state index contributed by atoms with van der Waals surface area (Å²) in [4.78, 5) is 15.0. The molecule has 2 saturated heterocycles. The monoisotopic (exact) mass is 482 g/mol. The zero-order valence-electron chi connectivity index (χ0n) is 19.1. The van der Waals surface area contributed by atoms with Gasteiger partial charge in [-0.05, 0) is 68.7 Å². The van der Waals surface area contributed by atoms with Crippen LogP contribution in [0.3, 0.4) is 0 Å². The van der Waals surface area contributed by atoms with E-state index in [9.17, 15) is 18.0 Å². The molecular formula is C25H33F3N2O2S. The molecule has 3 unspecified atom stereocenters. The van der Waals surface area contributed by atoms with Gasteiger partial charge in [0, 0.05) is 42.6 Å². The van der Waals surface area contributed by atoms with Crippen LogP contribution in [-0.2, 0) is 16.0 Å². The standard InChI is InChI=1S/C25H33F3N2O2S/c1-2-33(15-20-4-3-8-32-20)9-7-25(31)30-18-5-6-19(30)11-17(10-18)24(29)13-16-12-22(27)23(28)14-21(16)26/h2,5,12,14,17,19-20,24H,3-4,6-11,13,15,29H2,1H3/t17-,19+,20?,24?,33?/m0/s1. The minimum Gasteiger partial charge on any atom is -0.377 e. The van der Waals surface area contributed by atoms with Crippen LogP contribution in [0, 0.1) is 23.4 Å². The van der Waals surface area contributed by atoms with Crippen molar-refractivity contribution < 1.29 is 22.7 Å². The Hall–Kier alpha value is -1.64. The molecule has 4 rings (SSSR count). The van der Waals surface area contributed by atoms with Gasteiger partial charge >= 0.3 is 0 Å². The number of carbonyl (C=O) groups excluding carboxylic acids is 1. The van der Waals surface area contributed by atoms with Crippen molar-refractivity contribution in [1.29, 1.82) is 0 Å². The zero-order chi connectivity index (χ0) is 23.5. The second kappa shape index (κ2) is 10.7. The number of allylic oxidation sites excluding steroid dienone is 1. The van der Waals surface area contributed by atoms with E-state index in [-0.39, 0.29) is 40.3 Å². The molecule has 3 heterocycles. The maximum absolute atomic E-state index is 14.1. The average molecular weight is 483 g/mol. The van der Waals surface area contributed by atoms with Gasteiger partial charge in [-0.3, -0.25) is 4.79 Å². The van der Waals surface area contributed by atoms with Crippen molar-refractivity contribution in [3.05, 3.63) is 46.9 Å². The van der Waals surface area contributed by atoms with Gasteiger partial charge < -0.3 is 15.4 Å². The molecule has 5 atom stereocenters. The number of hydrogen-bond donors (Lipinski definition) is 1. The third-order valence-electron chi connectivity index (χ3n) is 7.10. The van der Waals surface area contributed by atoms with Crippen LogP contribution in [0.4, 0.5) is 13.2 Å². The number of amides is 1. The fraction of sp³-hybridized carbons (Fsp3) is 0.600. The Morgan fingerprint density at radius 1 is 1.30 bits per heavy atom. The summed E-state index contributed by atoms with van der Waals surface area (Å²) >= 11 is 0. The normalized spacial score (nSPS) is 26.5. The summed E-state index contributed by atoms with van der Waals surface area (Å²) in [7, 11) is 0.0789. The highest BCUT2D eigenvalue weighted by Gasteiger charge is 2.40. The predicted molar refractivity (Wildman–Crippen MR) is 127 cm³/mol. The summed E-state index contributed by atoms with van der Waals surface area (Å²) in [6.45, 7) is 2.91. The predicted octanol–water partition coefficient (Wildman–Crippen LogP) is 4.53. The Kier molecular flexibility index (Phi) is 7.97. The van der Waals surface area contributed by atoms with E-state index in [2.05, 4.69) is 18.4 Å². The van der Waals surface area contributed by atoms with Gasteiger partial charge in [0.25, 0.3) is 0 Å². The minimum absolute atomic E-state index is 0.0680. The van der Waals surface area contributed by atoms with E-state index >= 15 is 0 Å². The summed E-state index contributed by atoms with van der Waals surface area (Å²) in [5.41, 5.74) is 7.47. The number of fused-ring (bicyclic) bond motifs is 2. The average Bonchev–Trinajstić information content (AvgIpc) is 3.39. The van der Waals surface area contributed by atoms with Crippen LogP contribution in [0.2, 0.25) is 0 Å². The van der Waals surface area contributed by atoms with Crippen molar-refractivity contribution in [1.82, 2.24) is 4.90 Å². The highest BCUT2D eigenvalue weighted by atomic mass is 32.2. The number of benzene rings is 1. The summed E-state index contributed by atoms with van der Waals surface area (Å²) in [6.07, 6.45) is 7.54. The van der Waals surface area contributed by atoms with E-state index in [1.54, 1.807) is 0 Å². The van der Waals surface area contributed by atoms with Gasteiger partial charge in [-0.1, -0.05) is 11.4 Å². The van der Waals surface area contributed by atoms with E-state index in [4.69, 9.17) is 10.5 Å². The molecule has 3 aliphatic heterocycles. The lowest BCUT2D eigenvalue weighted by Crippen LogP contribution is -2.46. The van der Waals surface area contributed by atoms with E-state index < -0.39 is 23.5 Å². The van der Waals surface area contributed by atoms with Crippen molar-refractivity contribution >= 4 is 21.8 Å². The first-order chi connectivity index (χ1) is 15.9. The van der Waals surface area contributed by atoms with Crippen molar-refractivity contribution in [3.63, 3.8) is 0 Å². The van der Waals surface area contributed by atoms with Gasteiger partial charge in [-0.25, -0.2) is 13.2 Å². The van der Waals surface area contributed by atoms with Crippen molar-refractivity contribution in [2.24, 2.45) is 11.7 Å². The Labute approximate surface area is 196 Å². The number of halogens is 3. The Morgan fingerprint density at radius 2 is 2.09 bits per heavy atom. The van der Waals surface area contributed by atoms with Crippen LogP contribution in [0.5, 0.6) is 0 Å². The van der Waals surface area contributed by atoms with E-state index in [0.717, 1.165) is 55.6 Å². The molecule has 33 heavy (non-hydrogen) atoms. The summed E-state index contributed by atoms with van der Waals surface area (Å²) in [5, 5.41) is 2.21. The first-order valence-corrected chi connectivity index (χ1v) is 13.5. The molecule has 4 nitrogen and oxygen atoms in total. The summed E-state index contributed by atoms with van der Waals surface area (Å²) < 4.78 is 46.6. The van der Waals surface area contributed by atoms with Crippen LogP contribution in [0.1, 0.15) is 51.0 Å². The Bertz CT molecular complexity index is 946. The molecule has 2 N–H and O–H groups in total. The van der Waals surface area contributed by atoms with Crippen LogP contribution >= 0.6 is 10.5 Å². The first kappa shape index (κ1) is 24.5. The van der Waals surface area contributed by atoms with Crippen LogP contribution < -0.4 is 5.73 Å². The molecule has 0 spiro atoms. The SMILES string of the molecule is C/C=S(\CCC(=O)N1C2=CC[C@@H]1C[C@@H](C(N)Cc1cc(F)c(F)cc1F)C2)CC1CCCO1. The number of nitrogens with two attached hydrogens (primary N) is 1. The van der Waals surface area contributed by atoms with Crippen LogP contribution in [0.15, 0.2) is 23.9 Å². The van der Waals surface area contributed by atoms with E-state index in [0.29, 0.717) is 25.0 Å². The van der Waals surface area contributed by atoms with Gasteiger partial charge in [-0.15, -0.1) is 0 Å². The molecule has 3 aliphatic rings. The third-order valence-corrected chi connectivity index (χ3v) is 9.30. The quantitative estimate of drug-likeness (QED) is 0.438. The van der Waals surface area contributed by atoms with Gasteiger partial charge in [0.2, 0.25) is 5.91 Å². The van der Waals surface area contributed by atoms with Crippen molar-refractivity contribution in [2.75, 3.05) is 18.1 Å². The lowest BCUT2D eigenvalue weighted by Gasteiger charge is -2.39. The number of carbonyl (C=O) groups is 1. The van der Waals surface area contributed by atoms with E-state index in [1.807, 2.05) is 4.90 Å². The first-order valence-electron chi connectivity index (χ1n) is 11.8. The minimum atomic E-state index is -1.20. The van der Waals surface area contributed by atoms with Gasteiger partial charge in [0.15, 0.2) is 11.6 Å². The molecule has 2 bridgehead atoms. The number of hydrogen-bond acceptors (Lipinski definition) is 3. The topological polar surface area (TPSA) is 55.6 Å². The molecule has 0 aliphatic carbocycles. The maximum Gasteiger partial charge on any atom is 0.227 e. The highest BCUT2D eigenvalue weighted by molar-refractivity contribution is 8.15. The number of ether oxygens (including phenoxy) is 1. The molecule has 1 aromatic carbocycles. The second-order valence-electron chi connectivity index (χ2n) is 9.30. The largest absolute Gasteiger partial charge is 0.377 e. The zero-order valence-corrected chi connectivity index (χ0v) is 19.9. The Morgan fingerprint density at radius 3 is 2.79 bits per heavy atom. The summed E-state index contributed by atoms with van der Waals surface area (Å²) in [5.74, 6) is -0.946.